The molecule has 0 radical (unpaired) electrons. The molecule has 0 atom stereocenters. The second-order valence-corrected chi connectivity index (χ2v) is 5.63. The van der Waals surface area contributed by atoms with Gasteiger partial charge in [-0.15, -0.1) is 0 Å². The normalized spacial score (nSPS) is 12.0. The fourth-order valence-corrected chi connectivity index (χ4v) is 2.35. The van der Waals surface area contributed by atoms with Crippen molar-refractivity contribution in [2.24, 2.45) is 0 Å². The SMILES string of the molecule is O=S(=O)(/C=C/c1ccccc1)NCCc1cnc[nH]1. The van der Waals surface area contributed by atoms with Crippen LogP contribution >= 0.6 is 0 Å². The Morgan fingerprint density at radius 1 is 1.26 bits per heavy atom. The van der Waals surface area contributed by atoms with Gasteiger partial charge in [0.1, 0.15) is 0 Å². The first-order valence-electron chi connectivity index (χ1n) is 5.86. The number of aromatic nitrogens is 2. The van der Waals surface area contributed by atoms with Crippen LogP contribution in [-0.4, -0.2) is 24.9 Å². The third kappa shape index (κ3) is 4.69. The molecule has 0 spiro atoms. The average molecular weight is 277 g/mol. The minimum Gasteiger partial charge on any atom is -0.348 e. The molecule has 2 aromatic rings. The lowest BCUT2D eigenvalue weighted by Gasteiger charge is -2.01. The first-order chi connectivity index (χ1) is 9.16. The Morgan fingerprint density at radius 3 is 2.74 bits per heavy atom. The van der Waals surface area contributed by atoms with Crippen molar-refractivity contribution in [1.29, 1.82) is 0 Å². The molecule has 19 heavy (non-hydrogen) atoms. The standard InChI is InChI=1S/C13H15N3O2S/c17-19(18,9-7-12-4-2-1-3-5-12)16-8-6-13-10-14-11-15-13/h1-5,7,9-11,16H,6,8H2,(H,14,15)/b9-7+. The van der Waals surface area contributed by atoms with Crippen molar-refractivity contribution in [3.63, 3.8) is 0 Å². The van der Waals surface area contributed by atoms with Crippen molar-refractivity contribution < 1.29 is 8.42 Å². The van der Waals surface area contributed by atoms with Crippen LogP contribution < -0.4 is 4.72 Å². The molecule has 0 aliphatic heterocycles. The van der Waals surface area contributed by atoms with Gasteiger partial charge in [0.05, 0.1) is 6.33 Å². The van der Waals surface area contributed by atoms with Crippen LogP contribution in [0.4, 0.5) is 0 Å². The van der Waals surface area contributed by atoms with Crippen molar-refractivity contribution in [3.8, 4) is 0 Å². The molecule has 0 bridgehead atoms. The lowest BCUT2D eigenvalue weighted by Crippen LogP contribution is -2.23. The van der Waals surface area contributed by atoms with E-state index in [1.54, 1.807) is 18.6 Å². The number of benzene rings is 1. The zero-order chi connectivity index (χ0) is 13.6. The number of nitrogens with zero attached hydrogens (tertiary/aromatic N) is 1. The van der Waals surface area contributed by atoms with Gasteiger partial charge in [0.25, 0.3) is 0 Å². The molecule has 6 heteroatoms. The van der Waals surface area contributed by atoms with Crippen molar-refractivity contribution in [3.05, 3.63) is 59.5 Å². The van der Waals surface area contributed by atoms with E-state index in [1.165, 1.54) is 5.41 Å². The van der Waals surface area contributed by atoms with Gasteiger partial charge in [-0.3, -0.25) is 0 Å². The van der Waals surface area contributed by atoms with E-state index in [9.17, 15) is 8.42 Å². The Labute approximate surface area is 112 Å². The van der Waals surface area contributed by atoms with E-state index in [4.69, 9.17) is 0 Å². The van der Waals surface area contributed by atoms with Crippen LogP contribution in [0.2, 0.25) is 0 Å². The molecule has 2 N–H and O–H groups in total. The lowest BCUT2D eigenvalue weighted by molar-refractivity contribution is 0.591. The van der Waals surface area contributed by atoms with E-state index in [-0.39, 0.29) is 0 Å². The predicted octanol–water partition coefficient (Wildman–Crippen LogP) is 1.54. The van der Waals surface area contributed by atoms with E-state index in [0.717, 1.165) is 11.3 Å². The molecule has 1 heterocycles. The minimum absolute atomic E-state index is 0.337. The first-order valence-corrected chi connectivity index (χ1v) is 7.40. The Bertz CT molecular complexity index is 619. The topological polar surface area (TPSA) is 74.8 Å². The summed E-state index contributed by atoms with van der Waals surface area (Å²) in [5, 5.41) is 1.18. The van der Waals surface area contributed by atoms with E-state index < -0.39 is 10.0 Å². The van der Waals surface area contributed by atoms with E-state index in [0.29, 0.717) is 13.0 Å². The van der Waals surface area contributed by atoms with Crippen LogP contribution in [0, 0.1) is 0 Å². The molecule has 0 saturated heterocycles. The maximum atomic E-state index is 11.7. The minimum atomic E-state index is -3.40. The largest absolute Gasteiger partial charge is 0.348 e. The maximum absolute atomic E-state index is 11.7. The predicted molar refractivity (Wildman–Crippen MR) is 74.7 cm³/mol. The Hall–Kier alpha value is -1.92. The molecule has 0 unspecified atom stereocenters. The molecule has 5 nitrogen and oxygen atoms in total. The molecule has 1 aromatic heterocycles. The summed E-state index contributed by atoms with van der Waals surface area (Å²) in [5.74, 6) is 0. The van der Waals surface area contributed by atoms with E-state index in [2.05, 4.69) is 14.7 Å². The third-order valence-corrected chi connectivity index (χ3v) is 3.59. The lowest BCUT2D eigenvalue weighted by atomic mass is 10.2. The summed E-state index contributed by atoms with van der Waals surface area (Å²) in [6.07, 6.45) is 5.39. The highest BCUT2D eigenvalue weighted by molar-refractivity contribution is 7.92. The van der Waals surface area contributed by atoms with Crippen molar-refractivity contribution in [2.75, 3.05) is 6.54 Å². The molecular weight excluding hydrogens is 262 g/mol. The van der Waals surface area contributed by atoms with Gasteiger partial charge in [-0.2, -0.15) is 0 Å². The number of sulfonamides is 1. The highest BCUT2D eigenvalue weighted by Crippen LogP contribution is 2.02. The van der Waals surface area contributed by atoms with E-state index in [1.807, 2.05) is 30.3 Å². The van der Waals surface area contributed by atoms with Gasteiger partial charge >= 0.3 is 0 Å². The Kier molecular flexibility index (Phi) is 4.48. The van der Waals surface area contributed by atoms with Crippen LogP contribution in [0.15, 0.2) is 48.3 Å². The second kappa shape index (κ2) is 6.31. The van der Waals surface area contributed by atoms with Crippen molar-refractivity contribution in [1.82, 2.24) is 14.7 Å². The summed E-state index contributed by atoms with van der Waals surface area (Å²) < 4.78 is 25.9. The molecule has 0 aliphatic rings. The van der Waals surface area contributed by atoms with Crippen LogP contribution in [0.25, 0.3) is 6.08 Å². The summed E-state index contributed by atoms with van der Waals surface area (Å²) in [5.41, 5.74) is 1.75. The highest BCUT2D eigenvalue weighted by atomic mass is 32.2. The number of imidazole rings is 1. The molecule has 0 fully saturated rings. The van der Waals surface area contributed by atoms with Gasteiger partial charge in [-0.05, 0) is 11.6 Å². The summed E-state index contributed by atoms with van der Waals surface area (Å²) in [6, 6.07) is 9.29. The zero-order valence-electron chi connectivity index (χ0n) is 10.3. The van der Waals surface area contributed by atoms with E-state index >= 15 is 0 Å². The van der Waals surface area contributed by atoms with Crippen molar-refractivity contribution in [2.45, 2.75) is 6.42 Å². The third-order valence-electron chi connectivity index (χ3n) is 2.49. The van der Waals surface area contributed by atoms with Gasteiger partial charge in [0.15, 0.2) is 0 Å². The number of hydrogen-bond donors (Lipinski definition) is 2. The monoisotopic (exact) mass is 277 g/mol. The zero-order valence-corrected chi connectivity index (χ0v) is 11.1. The van der Waals surface area contributed by atoms with Gasteiger partial charge < -0.3 is 4.98 Å². The average Bonchev–Trinajstić information content (AvgIpc) is 2.91. The highest BCUT2D eigenvalue weighted by Gasteiger charge is 2.04. The van der Waals surface area contributed by atoms with Crippen LogP contribution in [0.5, 0.6) is 0 Å². The fourth-order valence-electron chi connectivity index (χ4n) is 1.53. The number of hydrogen-bond acceptors (Lipinski definition) is 3. The summed E-state index contributed by atoms with van der Waals surface area (Å²) in [7, 11) is -3.40. The van der Waals surface area contributed by atoms with Crippen LogP contribution in [-0.2, 0) is 16.4 Å². The smallest absolute Gasteiger partial charge is 0.233 e. The van der Waals surface area contributed by atoms with Gasteiger partial charge in [-0.25, -0.2) is 18.1 Å². The van der Waals surface area contributed by atoms with Crippen LogP contribution in [0.1, 0.15) is 11.3 Å². The molecule has 0 amide bonds. The Balaban J connectivity index is 1.87. The molecule has 1 aromatic carbocycles. The first kappa shape index (κ1) is 13.5. The van der Waals surface area contributed by atoms with Gasteiger partial charge in [0, 0.05) is 30.3 Å². The molecular formula is C13H15N3O2S. The van der Waals surface area contributed by atoms with Gasteiger partial charge in [0.2, 0.25) is 10.0 Å². The van der Waals surface area contributed by atoms with Crippen molar-refractivity contribution >= 4 is 16.1 Å². The van der Waals surface area contributed by atoms with Crippen LogP contribution in [0.3, 0.4) is 0 Å². The summed E-state index contributed by atoms with van der Waals surface area (Å²) in [6.45, 7) is 0.337. The molecule has 0 aliphatic carbocycles. The van der Waals surface area contributed by atoms with Gasteiger partial charge in [-0.1, -0.05) is 30.3 Å². The number of rotatable bonds is 6. The Morgan fingerprint density at radius 2 is 2.05 bits per heavy atom. The number of H-pyrrole nitrogens is 1. The fraction of sp³-hybridized carbons (Fsp3) is 0.154. The summed E-state index contributed by atoms with van der Waals surface area (Å²) in [4.78, 5) is 6.78. The number of nitrogens with one attached hydrogen (secondary N) is 2. The number of aromatic amines is 1. The molecule has 100 valence electrons. The molecule has 2 rings (SSSR count). The molecule has 0 saturated carbocycles. The maximum Gasteiger partial charge on any atom is 0.233 e. The summed E-state index contributed by atoms with van der Waals surface area (Å²) >= 11 is 0. The quantitative estimate of drug-likeness (QED) is 0.841. The second-order valence-electron chi connectivity index (χ2n) is 3.98.